The molecule has 0 saturated carbocycles. The molecule has 1 N–H and O–H groups in total. The van der Waals surface area contributed by atoms with Gasteiger partial charge in [0.1, 0.15) is 5.75 Å². The number of carbonyl (C=O) groups excluding carboxylic acids is 1. The predicted octanol–water partition coefficient (Wildman–Crippen LogP) is 3.31. The topological polar surface area (TPSA) is 89.7 Å². The summed E-state index contributed by atoms with van der Waals surface area (Å²) >= 11 is 1.20. The highest BCUT2D eigenvalue weighted by molar-refractivity contribution is 7.99. The van der Waals surface area contributed by atoms with E-state index in [1.807, 2.05) is 42.5 Å². The number of hydrogen-bond acceptors (Lipinski definition) is 8. The van der Waals surface area contributed by atoms with E-state index in [4.69, 9.17) is 13.9 Å². The maximum atomic E-state index is 12.4. The molecule has 0 bridgehead atoms. The second-order valence-electron chi connectivity index (χ2n) is 7.03. The Balaban J connectivity index is 1.28. The summed E-state index contributed by atoms with van der Waals surface area (Å²) in [7, 11) is 1.61. The van der Waals surface area contributed by atoms with Crippen molar-refractivity contribution in [1.29, 1.82) is 0 Å². The quantitative estimate of drug-likeness (QED) is 0.534. The van der Waals surface area contributed by atoms with Crippen molar-refractivity contribution in [2.24, 2.45) is 0 Å². The molecule has 1 fully saturated rings. The molecule has 0 unspecified atom stereocenters. The smallest absolute Gasteiger partial charge is 0.277 e. The van der Waals surface area contributed by atoms with Gasteiger partial charge in [-0.1, -0.05) is 23.9 Å². The number of aromatic nitrogens is 2. The van der Waals surface area contributed by atoms with Crippen molar-refractivity contribution in [2.75, 3.05) is 44.5 Å². The van der Waals surface area contributed by atoms with Crippen LogP contribution >= 0.6 is 11.8 Å². The van der Waals surface area contributed by atoms with Crippen LogP contribution in [0, 0.1) is 0 Å². The van der Waals surface area contributed by atoms with Crippen LogP contribution < -0.4 is 10.1 Å². The van der Waals surface area contributed by atoms with Gasteiger partial charge in [0.2, 0.25) is 11.8 Å². The monoisotopic (exact) mass is 440 g/mol. The van der Waals surface area contributed by atoms with Gasteiger partial charge in [-0.05, 0) is 42.0 Å². The van der Waals surface area contributed by atoms with Crippen molar-refractivity contribution in [3.63, 3.8) is 0 Å². The minimum absolute atomic E-state index is 0.127. The van der Waals surface area contributed by atoms with Crippen molar-refractivity contribution in [3.05, 3.63) is 54.1 Å². The van der Waals surface area contributed by atoms with E-state index in [0.29, 0.717) is 11.1 Å². The van der Waals surface area contributed by atoms with Crippen LogP contribution in [0.3, 0.4) is 0 Å². The Morgan fingerprint density at radius 3 is 2.74 bits per heavy atom. The van der Waals surface area contributed by atoms with Crippen LogP contribution in [-0.2, 0) is 16.1 Å². The van der Waals surface area contributed by atoms with Crippen LogP contribution in [0.2, 0.25) is 0 Å². The van der Waals surface area contributed by atoms with Crippen LogP contribution in [0.1, 0.15) is 5.56 Å². The Kier molecular flexibility index (Phi) is 7.18. The number of nitrogens with one attached hydrogen (secondary N) is 1. The Labute approximate surface area is 184 Å². The first-order valence-corrected chi connectivity index (χ1v) is 11.0. The van der Waals surface area contributed by atoms with E-state index in [9.17, 15) is 4.79 Å². The van der Waals surface area contributed by atoms with Gasteiger partial charge < -0.3 is 19.2 Å². The summed E-state index contributed by atoms with van der Waals surface area (Å²) in [6.45, 7) is 4.23. The summed E-state index contributed by atoms with van der Waals surface area (Å²) in [6, 6.07) is 15.3. The molecule has 2 heterocycles. The van der Waals surface area contributed by atoms with Crippen molar-refractivity contribution >= 4 is 23.4 Å². The number of hydrogen-bond donors (Lipinski definition) is 1. The van der Waals surface area contributed by atoms with E-state index >= 15 is 0 Å². The molecule has 9 heteroatoms. The Bertz CT molecular complexity index is 1000. The average molecular weight is 441 g/mol. The molecule has 8 nitrogen and oxygen atoms in total. The number of morpholine rings is 1. The molecule has 162 valence electrons. The maximum Gasteiger partial charge on any atom is 0.277 e. The lowest BCUT2D eigenvalue weighted by molar-refractivity contribution is -0.113. The van der Waals surface area contributed by atoms with Gasteiger partial charge >= 0.3 is 0 Å². The van der Waals surface area contributed by atoms with Gasteiger partial charge in [-0.3, -0.25) is 9.69 Å². The van der Waals surface area contributed by atoms with Gasteiger partial charge in [-0.15, -0.1) is 10.2 Å². The standard InChI is InChI=1S/C22H24N4O4S/c1-28-19-7-5-17(6-8-19)21-24-25-22(30-21)31-15-20(27)23-18-4-2-3-16(13-18)14-26-9-11-29-12-10-26/h2-8,13H,9-12,14-15H2,1H3,(H,23,27). The summed E-state index contributed by atoms with van der Waals surface area (Å²) in [4.78, 5) is 14.7. The zero-order chi connectivity index (χ0) is 21.5. The number of nitrogens with zero attached hydrogens (tertiary/aromatic N) is 3. The van der Waals surface area contributed by atoms with Crippen molar-refractivity contribution in [2.45, 2.75) is 11.8 Å². The molecule has 1 aliphatic rings. The minimum atomic E-state index is -0.127. The molecule has 0 spiro atoms. The number of thioether (sulfide) groups is 1. The predicted molar refractivity (Wildman–Crippen MR) is 118 cm³/mol. The summed E-state index contributed by atoms with van der Waals surface area (Å²) in [5.41, 5.74) is 2.73. The van der Waals surface area contributed by atoms with Crippen molar-refractivity contribution in [1.82, 2.24) is 15.1 Å². The average Bonchev–Trinajstić information content (AvgIpc) is 3.28. The lowest BCUT2D eigenvalue weighted by atomic mass is 10.2. The largest absolute Gasteiger partial charge is 0.497 e. The van der Waals surface area contributed by atoms with Gasteiger partial charge in [-0.2, -0.15) is 0 Å². The summed E-state index contributed by atoms with van der Waals surface area (Å²) in [5, 5.41) is 11.3. The number of methoxy groups -OCH3 is 1. The fraction of sp³-hybridized carbons (Fsp3) is 0.318. The first-order chi connectivity index (χ1) is 15.2. The molecular weight excluding hydrogens is 416 g/mol. The lowest BCUT2D eigenvalue weighted by Gasteiger charge is -2.26. The fourth-order valence-electron chi connectivity index (χ4n) is 3.21. The highest BCUT2D eigenvalue weighted by Gasteiger charge is 2.13. The summed E-state index contributed by atoms with van der Waals surface area (Å²) in [5.74, 6) is 1.21. The van der Waals surface area contributed by atoms with Gasteiger partial charge in [0.15, 0.2) is 0 Å². The minimum Gasteiger partial charge on any atom is -0.497 e. The highest BCUT2D eigenvalue weighted by atomic mass is 32.2. The molecule has 1 saturated heterocycles. The van der Waals surface area contributed by atoms with Crippen molar-refractivity contribution < 1.29 is 18.7 Å². The van der Waals surface area contributed by atoms with Gasteiger partial charge in [0.05, 0.1) is 26.1 Å². The van der Waals surface area contributed by atoms with Crippen LogP contribution in [0.15, 0.2) is 58.2 Å². The maximum absolute atomic E-state index is 12.4. The molecule has 1 aliphatic heterocycles. The molecule has 0 aliphatic carbocycles. The third-order valence-corrected chi connectivity index (χ3v) is 5.61. The summed E-state index contributed by atoms with van der Waals surface area (Å²) < 4.78 is 16.2. The van der Waals surface area contributed by atoms with Gasteiger partial charge in [-0.25, -0.2) is 0 Å². The molecule has 0 atom stereocenters. The first-order valence-electron chi connectivity index (χ1n) is 9.99. The Morgan fingerprint density at radius 1 is 1.16 bits per heavy atom. The SMILES string of the molecule is COc1ccc(-c2nnc(SCC(=O)Nc3cccc(CN4CCOCC4)c3)o2)cc1. The number of ether oxygens (including phenoxy) is 2. The normalized spacial score (nSPS) is 14.4. The Hall–Kier alpha value is -2.88. The van der Waals surface area contributed by atoms with E-state index < -0.39 is 0 Å². The van der Waals surface area contributed by atoms with E-state index in [2.05, 4.69) is 26.5 Å². The third kappa shape index (κ3) is 6.06. The van der Waals surface area contributed by atoms with E-state index in [1.54, 1.807) is 7.11 Å². The first kappa shape index (κ1) is 21.4. The zero-order valence-corrected chi connectivity index (χ0v) is 18.1. The zero-order valence-electron chi connectivity index (χ0n) is 17.2. The number of benzene rings is 2. The van der Waals surface area contributed by atoms with Crippen LogP contribution in [0.25, 0.3) is 11.5 Å². The van der Waals surface area contributed by atoms with Crippen LogP contribution in [-0.4, -0.2) is 60.2 Å². The van der Waals surface area contributed by atoms with Crippen LogP contribution in [0.4, 0.5) is 5.69 Å². The van der Waals surface area contributed by atoms with E-state index in [0.717, 1.165) is 55.4 Å². The molecule has 1 amide bonds. The fourth-order valence-corrected chi connectivity index (χ4v) is 3.77. The third-order valence-electron chi connectivity index (χ3n) is 4.79. The van der Waals surface area contributed by atoms with Crippen molar-refractivity contribution in [3.8, 4) is 17.2 Å². The number of rotatable bonds is 8. The van der Waals surface area contributed by atoms with Crippen LogP contribution in [0.5, 0.6) is 5.75 Å². The van der Waals surface area contributed by atoms with E-state index in [-0.39, 0.29) is 11.7 Å². The molecule has 31 heavy (non-hydrogen) atoms. The number of carbonyl (C=O) groups is 1. The van der Waals surface area contributed by atoms with Gasteiger partial charge in [0, 0.05) is 30.9 Å². The number of anilines is 1. The molecule has 4 rings (SSSR count). The molecule has 1 aromatic heterocycles. The second kappa shape index (κ2) is 10.4. The van der Waals surface area contributed by atoms with E-state index in [1.165, 1.54) is 11.8 Å². The molecule has 3 aromatic rings. The number of amides is 1. The highest BCUT2D eigenvalue weighted by Crippen LogP contribution is 2.25. The lowest BCUT2D eigenvalue weighted by Crippen LogP contribution is -2.35. The summed E-state index contributed by atoms with van der Waals surface area (Å²) in [6.07, 6.45) is 0. The molecule has 0 radical (unpaired) electrons. The second-order valence-corrected chi connectivity index (χ2v) is 7.95. The molecule has 2 aromatic carbocycles. The molecular formula is C22H24N4O4S. The van der Waals surface area contributed by atoms with Gasteiger partial charge in [0.25, 0.3) is 5.22 Å². The Morgan fingerprint density at radius 2 is 1.97 bits per heavy atom.